The van der Waals surface area contributed by atoms with Crippen molar-refractivity contribution in [2.75, 3.05) is 33.4 Å². The minimum Gasteiger partial charge on any atom is -0.383 e. The Balaban J connectivity index is 1.83. The molecule has 0 radical (unpaired) electrons. The Morgan fingerprint density at radius 2 is 2.20 bits per heavy atom. The molecule has 15 heavy (non-hydrogen) atoms. The molecule has 1 fully saturated rings. The van der Waals surface area contributed by atoms with Crippen LogP contribution in [0.1, 0.15) is 25.7 Å². The Labute approximate surface area is 91.8 Å². The Morgan fingerprint density at radius 1 is 1.40 bits per heavy atom. The first-order chi connectivity index (χ1) is 7.33. The fourth-order valence-electron chi connectivity index (χ4n) is 1.64. The van der Waals surface area contributed by atoms with Crippen LogP contribution in [-0.4, -0.2) is 39.3 Å². The zero-order chi connectivity index (χ0) is 10.9. The summed E-state index contributed by atoms with van der Waals surface area (Å²) < 4.78 is 4.84. The van der Waals surface area contributed by atoms with Crippen LogP contribution in [0.25, 0.3) is 0 Å². The van der Waals surface area contributed by atoms with Crippen molar-refractivity contribution in [1.82, 2.24) is 10.6 Å². The predicted octanol–water partition coefficient (Wildman–Crippen LogP) is 0.529. The van der Waals surface area contributed by atoms with Gasteiger partial charge in [0.25, 0.3) is 0 Å². The number of nitrogens with one attached hydrogen (secondary N) is 2. The van der Waals surface area contributed by atoms with E-state index in [1.54, 1.807) is 7.11 Å². The number of amides is 1. The maximum atomic E-state index is 11.2. The Hall–Kier alpha value is -0.610. The molecule has 4 nitrogen and oxygen atoms in total. The minimum atomic E-state index is 0.0562. The van der Waals surface area contributed by atoms with Crippen molar-refractivity contribution in [1.29, 1.82) is 0 Å². The largest absolute Gasteiger partial charge is 0.383 e. The number of rotatable bonds is 8. The molecule has 88 valence electrons. The molecule has 1 aliphatic carbocycles. The van der Waals surface area contributed by atoms with Crippen molar-refractivity contribution in [3.63, 3.8) is 0 Å². The third kappa shape index (κ3) is 5.74. The molecule has 1 rings (SSSR count). The van der Waals surface area contributed by atoms with Crippen LogP contribution in [0.5, 0.6) is 0 Å². The van der Waals surface area contributed by atoms with E-state index < -0.39 is 0 Å². The van der Waals surface area contributed by atoms with Crippen molar-refractivity contribution in [3.05, 3.63) is 0 Å². The van der Waals surface area contributed by atoms with E-state index in [0.717, 1.165) is 12.5 Å². The molecule has 0 aromatic carbocycles. The van der Waals surface area contributed by atoms with Crippen LogP contribution in [0.2, 0.25) is 0 Å². The van der Waals surface area contributed by atoms with Gasteiger partial charge in [0.15, 0.2) is 0 Å². The van der Waals surface area contributed by atoms with Crippen molar-refractivity contribution in [2.24, 2.45) is 5.92 Å². The van der Waals surface area contributed by atoms with Gasteiger partial charge < -0.3 is 15.4 Å². The summed E-state index contributed by atoms with van der Waals surface area (Å²) >= 11 is 0. The van der Waals surface area contributed by atoms with Crippen molar-refractivity contribution in [3.8, 4) is 0 Å². The van der Waals surface area contributed by atoms with Gasteiger partial charge in [0, 0.05) is 13.7 Å². The lowest BCUT2D eigenvalue weighted by Gasteiger charge is -2.25. The fraction of sp³-hybridized carbons (Fsp3) is 0.909. The van der Waals surface area contributed by atoms with Crippen LogP contribution in [0.15, 0.2) is 0 Å². The van der Waals surface area contributed by atoms with E-state index in [2.05, 4.69) is 10.6 Å². The molecule has 0 heterocycles. The molecule has 0 aromatic rings. The van der Waals surface area contributed by atoms with Crippen LogP contribution in [0.3, 0.4) is 0 Å². The Bertz CT molecular complexity index is 181. The predicted molar refractivity (Wildman–Crippen MR) is 59.7 cm³/mol. The van der Waals surface area contributed by atoms with Gasteiger partial charge in [-0.15, -0.1) is 0 Å². The summed E-state index contributed by atoms with van der Waals surface area (Å²) in [5, 5.41) is 5.93. The summed E-state index contributed by atoms with van der Waals surface area (Å²) in [5.74, 6) is 0.967. The zero-order valence-corrected chi connectivity index (χ0v) is 9.55. The molecular formula is C11H22N2O2. The van der Waals surface area contributed by atoms with Crippen molar-refractivity contribution < 1.29 is 9.53 Å². The lowest BCUT2D eigenvalue weighted by molar-refractivity contribution is -0.120. The highest BCUT2D eigenvalue weighted by molar-refractivity contribution is 5.77. The maximum Gasteiger partial charge on any atom is 0.234 e. The lowest BCUT2D eigenvalue weighted by Crippen LogP contribution is -2.36. The van der Waals surface area contributed by atoms with Gasteiger partial charge in [-0.2, -0.15) is 0 Å². The Morgan fingerprint density at radius 3 is 2.80 bits per heavy atom. The van der Waals surface area contributed by atoms with Gasteiger partial charge in [-0.05, 0) is 18.9 Å². The molecular weight excluding hydrogens is 192 g/mol. The molecule has 0 bridgehead atoms. The summed E-state index contributed by atoms with van der Waals surface area (Å²) in [5.41, 5.74) is 0. The quantitative estimate of drug-likeness (QED) is 0.579. The first kappa shape index (κ1) is 12.5. The number of carbonyl (C=O) groups excluding carboxylic acids is 1. The second-order valence-electron chi connectivity index (χ2n) is 4.11. The normalized spacial score (nSPS) is 16.1. The molecule has 2 N–H and O–H groups in total. The van der Waals surface area contributed by atoms with Crippen LogP contribution in [-0.2, 0) is 9.53 Å². The molecule has 4 heteroatoms. The van der Waals surface area contributed by atoms with Gasteiger partial charge in [-0.3, -0.25) is 4.79 Å². The highest BCUT2D eigenvalue weighted by atomic mass is 16.5. The SMILES string of the molecule is COCCNC(=O)CNCCC1CCC1. The summed E-state index contributed by atoms with van der Waals surface area (Å²) in [6.07, 6.45) is 5.36. The van der Waals surface area contributed by atoms with Gasteiger partial charge >= 0.3 is 0 Å². The molecule has 1 saturated carbocycles. The number of hydrogen-bond donors (Lipinski definition) is 2. The third-order valence-corrected chi connectivity index (χ3v) is 2.87. The number of hydrogen-bond acceptors (Lipinski definition) is 3. The second-order valence-corrected chi connectivity index (χ2v) is 4.11. The van der Waals surface area contributed by atoms with Gasteiger partial charge in [0.05, 0.1) is 13.2 Å². The molecule has 0 spiro atoms. The van der Waals surface area contributed by atoms with E-state index in [0.29, 0.717) is 19.7 Å². The van der Waals surface area contributed by atoms with Crippen molar-refractivity contribution in [2.45, 2.75) is 25.7 Å². The van der Waals surface area contributed by atoms with E-state index in [1.807, 2.05) is 0 Å². The van der Waals surface area contributed by atoms with Gasteiger partial charge in [0.1, 0.15) is 0 Å². The maximum absolute atomic E-state index is 11.2. The highest BCUT2D eigenvalue weighted by Gasteiger charge is 2.16. The molecule has 0 aliphatic heterocycles. The topological polar surface area (TPSA) is 50.4 Å². The summed E-state index contributed by atoms with van der Waals surface area (Å²) in [6, 6.07) is 0. The fourth-order valence-corrected chi connectivity index (χ4v) is 1.64. The highest BCUT2D eigenvalue weighted by Crippen LogP contribution is 2.28. The number of carbonyl (C=O) groups is 1. The van der Waals surface area contributed by atoms with E-state index in [9.17, 15) is 4.79 Å². The Kier molecular flexibility index (Phi) is 6.36. The lowest BCUT2D eigenvalue weighted by atomic mass is 9.83. The zero-order valence-electron chi connectivity index (χ0n) is 9.55. The van der Waals surface area contributed by atoms with E-state index >= 15 is 0 Å². The molecule has 0 unspecified atom stereocenters. The molecule has 0 aromatic heterocycles. The van der Waals surface area contributed by atoms with Crippen LogP contribution in [0.4, 0.5) is 0 Å². The van der Waals surface area contributed by atoms with Gasteiger partial charge in [-0.25, -0.2) is 0 Å². The number of ether oxygens (including phenoxy) is 1. The average molecular weight is 214 g/mol. The third-order valence-electron chi connectivity index (χ3n) is 2.87. The standard InChI is InChI=1S/C11H22N2O2/c1-15-8-7-13-11(14)9-12-6-5-10-3-2-4-10/h10,12H,2-9H2,1H3,(H,13,14). The van der Waals surface area contributed by atoms with E-state index in [4.69, 9.17) is 4.74 Å². The summed E-state index contributed by atoms with van der Waals surface area (Å²) in [6.45, 7) is 2.56. The monoisotopic (exact) mass is 214 g/mol. The second kappa shape index (κ2) is 7.65. The summed E-state index contributed by atoms with van der Waals surface area (Å²) in [4.78, 5) is 11.2. The van der Waals surface area contributed by atoms with Crippen LogP contribution >= 0.6 is 0 Å². The molecule has 1 aliphatic rings. The smallest absolute Gasteiger partial charge is 0.234 e. The van der Waals surface area contributed by atoms with Crippen LogP contribution < -0.4 is 10.6 Å². The first-order valence-electron chi connectivity index (χ1n) is 5.79. The van der Waals surface area contributed by atoms with Crippen LogP contribution in [0, 0.1) is 5.92 Å². The van der Waals surface area contributed by atoms with E-state index in [1.165, 1.54) is 25.7 Å². The van der Waals surface area contributed by atoms with E-state index in [-0.39, 0.29) is 5.91 Å². The minimum absolute atomic E-state index is 0.0562. The molecule has 1 amide bonds. The van der Waals surface area contributed by atoms with Gasteiger partial charge in [0.2, 0.25) is 5.91 Å². The number of methoxy groups -OCH3 is 1. The summed E-state index contributed by atoms with van der Waals surface area (Å²) in [7, 11) is 1.63. The van der Waals surface area contributed by atoms with Crippen molar-refractivity contribution >= 4 is 5.91 Å². The van der Waals surface area contributed by atoms with Gasteiger partial charge in [-0.1, -0.05) is 19.3 Å². The first-order valence-corrected chi connectivity index (χ1v) is 5.79. The molecule has 0 saturated heterocycles. The average Bonchev–Trinajstić information content (AvgIpc) is 2.15. The molecule has 0 atom stereocenters.